The Morgan fingerprint density at radius 1 is 1.45 bits per heavy atom. The van der Waals surface area contributed by atoms with Crippen molar-refractivity contribution in [3.05, 3.63) is 36.0 Å². The van der Waals surface area contributed by atoms with Crippen LogP contribution in [0.15, 0.2) is 29.1 Å². The third kappa shape index (κ3) is 1.80. The van der Waals surface area contributed by atoms with Crippen LogP contribution in [-0.4, -0.2) is 28.8 Å². The number of fused-ring (bicyclic) bond motifs is 1. The topological polar surface area (TPSA) is 85.1 Å². The molecule has 20 heavy (non-hydrogen) atoms. The first-order chi connectivity index (χ1) is 9.72. The number of nitrogens with zero attached hydrogens (tertiary/aromatic N) is 2. The molecule has 1 aliphatic heterocycles. The molecular weight excluding hydrogens is 265 g/mol. The smallest absolute Gasteiger partial charge is 0.225 e. The minimum atomic E-state index is -0.767. The minimum absolute atomic E-state index is 0.0385. The lowest BCUT2D eigenvalue weighted by Crippen LogP contribution is -2.16. The predicted octanol–water partition coefficient (Wildman–Crippen LogP) is 1.45. The minimum Gasteiger partial charge on any atom is -0.380 e. The number of hydrogen-bond acceptors (Lipinski definition) is 6. The SMILES string of the molecule is O=CC(=O)C1=CCNc2c(-c3ncon3)ccc(F)c21. The summed E-state index contributed by atoms with van der Waals surface area (Å²) in [6.07, 6.45) is 2.80. The zero-order valence-corrected chi connectivity index (χ0v) is 10.1. The molecule has 1 aromatic heterocycles. The second-order valence-electron chi connectivity index (χ2n) is 4.08. The Balaban J connectivity index is 2.23. The molecule has 0 aliphatic carbocycles. The van der Waals surface area contributed by atoms with Crippen LogP contribution in [0.5, 0.6) is 0 Å². The number of carbonyl (C=O) groups is 2. The van der Waals surface area contributed by atoms with Crippen molar-refractivity contribution < 1.29 is 18.5 Å². The number of benzene rings is 1. The van der Waals surface area contributed by atoms with E-state index in [0.717, 1.165) is 6.39 Å². The highest BCUT2D eigenvalue weighted by molar-refractivity contribution is 6.47. The van der Waals surface area contributed by atoms with E-state index in [0.29, 0.717) is 17.8 Å². The fourth-order valence-electron chi connectivity index (χ4n) is 2.14. The molecule has 1 aliphatic rings. The van der Waals surface area contributed by atoms with Crippen molar-refractivity contribution in [2.24, 2.45) is 0 Å². The molecule has 0 saturated carbocycles. The van der Waals surface area contributed by atoms with Gasteiger partial charge in [0, 0.05) is 23.2 Å². The van der Waals surface area contributed by atoms with Gasteiger partial charge in [-0.25, -0.2) is 4.39 Å². The molecule has 0 radical (unpaired) electrons. The van der Waals surface area contributed by atoms with Gasteiger partial charge >= 0.3 is 0 Å². The second-order valence-corrected chi connectivity index (χ2v) is 4.08. The van der Waals surface area contributed by atoms with Gasteiger partial charge in [0.25, 0.3) is 0 Å². The van der Waals surface area contributed by atoms with Crippen molar-refractivity contribution in [1.29, 1.82) is 0 Å². The molecule has 0 bridgehead atoms. The van der Waals surface area contributed by atoms with Crippen molar-refractivity contribution in [3.63, 3.8) is 0 Å². The van der Waals surface area contributed by atoms with Gasteiger partial charge in [0.15, 0.2) is 6.29 Å². The van der Waals surface area contributed by atoms with Crippen molar-refractivity contribution in [2.45, 2.75) is 0 Å². The highest BCUT2D eigenvalue weighted by Crippen LogP contribution is 2.37. The Kier molecular flexibility index (Phi) is 2.86. The van der Waals surface area contributed by atoms with E-state index >= 15 is 0 Å². The monoisotopic (exact) mass is 273 g/mol. The van der Waals surface area contributed by atoms with Crippen LogP contribution in [0.25, 0.3) is 17.0 Å². The number of anilines is 1. The van der Waals surface area contributed by atoms with Gasteiger partial charge in [0.05, 0.1) is 5.69 Å². The van der Waals surface area contributed by atoms with E-state index in [1.807, 2.05) is 0 Å². The van der Waals surface area contributed by atoms with Crippen molar-refractivity contribution in [2.75, 3.05) is 11.9 Å². The number of allylic oxidation sites excluding steroid dienone is 1. The summed E-state index contributed by atoms with van der Waals surface area (Å²) < 4.78 is 18.7. The molecule has 6 nitrogen and oxygen atoms in total. The van der Waals surface area contributed by atoms with Crippen LogP contribution in [0, 0.1) is 5.82 Å². The Labute approximate surface area is 112 Å². The zero-order chi connectivity index (χ0) is 14.1. The summed E-state index contributed by atoms with van der Waals surface area (Å²) in [5.74, 6) is -1.09. The molecule has 7 heteroatoms. The van der Waals surface area contributed by atoms with Crippen LogP contribution in [0.4, 0.5) is 10.1 Å². The lowest BCUT2D eigenvalue weighted by atomic mass is 9.93. The maximum absolute atomic E-state index is 14.0. The molecule has 0 amide bonds. The molecule has 0 fully saturated rings. The molecule has 100 valence electrons. The fourth-order valence-corrected chi connectivity index (χ4v) is 2.14. The van der Waals surface area contributed by atoms with Crippen LogP contribution in [-0.2, 0) is 9.59 Å². The van der Waals surface area contributed by atoms with E-state index in [1.54, 1.807) is 0 Å². The Morgan fingerprint density at radius 3 is 3.00 bits per heavy atom. The van der Waals surface area contributed by atoms with E-state index < -0.39 is 11.6 Å². The first-order valence-electron chi connectivity index (χ1n) is 5.75. The van der Waals surface area contributed by atoms with Crippen molar-refractivity contribution in [3.8, 4) is 11.4 Å². The molecule has 2 aromatic rings. The summed E-state index contributed by atoms with van der Waals surface area (Å²) in [6.45, 7) is 0.302. The summed E-state index contributed by atoms with van der Waals surface area (Å²) in [5.41, 5.74) is 0.964. The fraction of sp³-hybridized carbons (Fsp3) is 0.0769. The summed E-state index contributed by atoms with van der Waals surface area (Å²) in [4.78, 5) is 26.2. The number of Topliss-reactive ketones (excluding diaryl/α,β-unsaturated/α-hetero) is 1. The highest BCUT2D eigenvalue weighted by Gasteiger charge is 2.25. The third-order valence-corrected chi connectivity index (χ3v) is 2.98. The number of rotatable bonds is 3. The summed E-state index contributed by atoms with van der Waals surface area (Å²) >= 11 is 0. The first-order valence-corrected chi connectivity index (χ1v) is 5.75. The maximum atomic E-state index is 14.0. The Hall–Kier alpha value is -2.83. The molecule has 0 saturated heterocycles. The molecule has 0 spiro atoms. The van der Waals surface area contributed by atoms with Gasteiger partial charge in [-0.2, -0.15) is 4.98 Å². The summed E-state index contributed by atoms with van der Waals surface area (Å²) in [5, 5.41) is 6.65. The largest absolute Gasteiger partial charge is 0.380 e. The van der Waals surface area contributed by atoms with Crippen LogP contribution in [0.2, 0.25) is 0 Å². The average Bonchev–Trinajstić information content (AvgIpc) is 3.00. The van der Waals surface area contributed by atoms with Crippen LogP contribution in [0.3, 0.4) is 0 Å². The van der Waals surface area contributed by atoms with E-state index in [1.165, 1.54) is 18.2 Å². The highest BCUT2D eigenvalue weighted by atomic mass is 19.1. The second kappa shape index (κ2) is 4.69. The molecule has 1 aromatic carbocycles. The number of halogens is 1. The molecule has 2 heterocycles. The Morgan fingerprint density at radius 2 is 2.30 bits per heavy atom. The zero-order valence-electron chi connectivity index (χ0n) is 10.1. The average molecular weight is 273 g/mol. The lowest BCUT2D eigenvalue weighted by Gasteiger charge is -2.20. The summed E-state index contributed by atoms with van der Waals surface area (Å²) in [6, 6.07) is 2.68. The Bertz CT molecular complexity index is 723. The van der Waals surface area contributed by atoms with Crippen LogP contribution < -0.4 is 5.32 Å². The molecule has 0 atom stereocenters. The van der Waals surface area contributed by atoms with Crippen LogP contribution in [0.1, 0.15) is 5.56 Å². The predicted molar refractivity (Wildman–Crippen MR) is 67.2 cm³/mol. The normalized spacial score (nSPS) is 13.2. The van der Waals surface area contributed by atoms with E-state index in [2.05, 4.69) is 20.0 Å². The first kappa shape index (κ1) is 12.2. The number of aromatic nitrogens is 2. The lowest BCUT2D eigenvalue weighted by molar-refractivity contribution is -0.126. The quantitative estimate of drug-likeness (QED) is 0.673. The van der Waals surface area contributed by atoms with E-state index in [4.69, 9.17) is 0 Å². The van der Waals surface area contributed by atoms with Gasteiger partial charge in [-0.3, -0.25) is 9.59 Å². The van der Waals surface area contributed by atoms with Crippen molar-refractivity contribution >= 4 is 23.3 Å². The number of aldehydes is 1. The van der Waals surface area contributed by atoms with Gasteiger partial charge in [-0.05, 0) is 12.1 Å². The van der Waals surface area contributed by atoms with Gasteiger partial charge in [0.1, 0.15) is 5.82 Å². The molecule has 1 N–H and O–H groups in total. The number of carbonyl (C=O) groups excluding carboxylic acids is 2. The van der Waals surface area contributed by atoms with Crippen LogP contribution >= 0.6 is 0 Å². The third-order valence-electron chi connectivity index (χ3n) is 2.98. The standard InChI is InChI=1S/C13H8FN3O3/c14-9-2-1-8(13-16-6-20-17-13)12-11(9)7(3-4-15-12)10(19)5-18/h1-3,5-6,15H,4H2. The van der Waals surface area contributed by atoms with E-state index in [-0.39, 0.29) is 23.2 Å². The summed E-state index contributed by atoms with van der Waals surface area (Å²) in [7, 11) is 0. The maximum Gasteiger partial charge on any atom is 0.225 e. The molecule has 3 rings (SSSR count). The number of ketones is 1. The molecule has 0 unspecified atom stereocenters. The van der Waals surface area contributed by atoms with Gasteiger partial charge < -0.3 is 9.84 Å². The van der Waals surface area contributed by atoms with Gasteiger partial charge in [-0.15, -0.1) is 0 Å². The van der Waals surface area contributed by atoms with Gasteiger partial charge in [0.2, 0.25) is 18.0 Å². The molecular formula is C13H8FN3O3. The van der Waals surface area contributed by atoms with Crippen molar-refractivity contribution in [1.82, 2.24) is 10.1 Å². The van der Waals surface area contributed by atoms with E-state index in [9.17, 15) is 14.0 Å². The number of hydrogen-bond donors (Lipinski definition) is 1. The van der Waals surface area contributed by atoms with Gasteiger partial charge in [-0.1, -0.05) is 11.2 Å². The number of nitrogens with one attached hydrogen (secondary N) is 1.